The zero-order valence-corrected chi connectivity index (χ0v) is 22.1. The molecule has 41 heavy (non-hydrogen) atoms. The van der Waals surface area contributed by atoms with Gasteiger partial charge in [-0.05, 0) is 73.8 Å². The smallest absolute Gasteiger partial charge is 0.137 e. The Hall–Kier alpha value is -5.47. The fraction of sp³-hybridized carbons (Fsp3) is 0. The minimum atomic E-state index is 0.857. The van der Waals surface area contributed by atoms with Crippen LogP contribution in [0.15, 0.2) is 144 Å². The van der Waals surface area contributed by atoms with Crippen LogP contribution in [-0.2, 0) is 0 Å². The number of benzene rings is 7. The molecule has 2 heteroatoms. The van der Waals surface area contributed by atoms with Crippen molar-refractivity contribution < 1.29 is 4.42 Å². The van der Waals surface area contributed by atoms with Crippen LogP contribution >= 0.6 is 0 Å². The monoisotopic (exact) mass is 521 g/mol. The average Bonchev–Trinajstić information content (AvgIpc) is 3.44. The highest BCUT2D eigenvalue weighted by Crippen LogP contribution is 2.43. The summed E-state index contributed by atoms with van der Waals surface area (Å²) in [6.45, 7) is 0. The van der Waals surface area contributed by atoms with Crippen molar-refractivity contribution >= 4 is 65.2 Å². The van der Waals surface area contributed by atoms with E-state index in [4.69, 9.17) is 9.40 Å². The zero-order valence-electron chi connectivity index (χ0n) is 22.1. The molecule has 0 aliphatic rings. The van der Waals surface area contributed by atoms with Crippen LogP contribution in [0.5, 0.6) is 0 Å². The van der Waals surface area contributed by atoms with Crippen molar-refractivity contribution in [2.24, 2.45) is 0 Å². The van der Waals surface area contributed by atoms with Gasteiger partial charge in [0.05, 0.1) is 16.6 Å². The molecule has 0 bridgehead atoms. The average molecular weight is 522 g/mol. The molecule has 0 amide bonds. The van der Waals surface area contributed by atoms with Crippen molar-refractivity contribution in [2.75, 3.05) is 0 Å². The van der Waals surface area contributed by atoms with Crippen LogP contribution in [0.1, 0.15) is 0 Å². The maximum absolute atomic E-state index is 6.45. The van der Waals surface area contributed by atoms with Crippen LogP contribution in [0, 0.1) is 0 Å². The first-order valence-electron chi connectivity index (χ1n) is 14.0. The van der Waals surface area contributed by atoms with Gasteiger partial charge in [0.25, 0.3) is 0 Å². The third-order valence-electron chi connectivity index (χ3n) is 8.43. The molecular weight excluding hydrogens is 498 g/mol. The van der Waals surface area contributed by atoms with Crippen molar-refractivity contribution in [1.29, 1.82) is 0 Å². The van der Waals surface area contributed by atoms with E-state index in [0.717, 1.165) is 44.1 Å². The fourth-order valence-corrected chi connectivity index (χ4v) is 6.49. The number of fused-ring (bicyclic) bond motifs is 9. The summed E-state index contributed by atoms with van der Waals surface area (Å²) in [6, 6.07) is 49.6. The minimum Gasteiger partial charge on any atom is -0.456 e. The third kappa shape index (κ3) is 3.34. The number of rotatable bonds is 2. The van der Waals surface area contributed by atoms with E-state index >= 15 is 0 Å². The number of hydrogen-bond donors (Lipinski definition) is 0. The quantitative estimate of drug-likeness (QED) is 0.226. The Morgan fingerprint density at radius 3 is 1.95 bits per heavy atom. The predicted molar refractivity (Wildman–Crippen MR) is 172 cm³/mol. The Balaban J connectivity index is 1.46. The van der Waals surface area contributed by atoms with E-state index in [-0.39, 0.29) is 0 Å². The molecule has 0 radical (unpaired) electrons. The number of nitrogens with zero attached hydrogens (tertiary/aromatic N) is 1. The normalized spacial score (nSPS) is 11.9. The largest absolute Gasteiger partial charge is 0.456 e. The molecule has 0 aliphatic heterocycles. The molecule has 2 aromatic heterocycles. The summed E-state index contributed by atoms with van der Waals surface area (Å²) in [6.07, 6.45) is 0. The zero-order chi connectivity index (χ0) is 26.9. The van der Waals surface area contributed by atoms with Gasteiger partial charge < -0.3 is 4.42 Å². The molecule has 0 aliphatic carbocycles. The molecule has 0 atom stereocenters. The van der Waals surface area contributed by atoms with Gasteiger partial charge in [0, 0.05) is 16.3 Å². The van der Waals surface area contributed by atoms with Crippen molar-refractivity contribution in [3.05, 3.63) is 140 Å². The second kappa shape index (κ2) is 8.51. The lowest BCUT2D eigenvalue weighted by atomic mass is 9.92. The summed E-state index contributed by atoms with van der Waals surface area (Å²) in [7, 11) is 0. The highest BCUT2D eigenvalue weighted by molar-refractivity contribution is 6.27. The minimum absolute atomic E-state index is 0.857. The van der Waals surface area contributed by atoms with Gasteiger partial charge in [-0.25, -0.2) is 4.98 Å². The van der Waals surface area contributed by atoms with E-state index in [2.05, 4.69) is 140 Å². The molecule has 0 saturated carbocycles. The Labute approximate surface area is 236 Å². The lowest BCUT2D eigenvalue weighted by molar-refractivity contribution is 0.669. The number of aromatic nitrogens is 1. The molecule has 190 valence electrons. The first kappa shape index (κ1) is 22.4. The van der Waals surface area contributed by atoms with Crippen molar-refractivity contribution in [1.82, 2.24) is 4.98 Å². The molecule has 0 spiro atoms. The van der Waals surface area contributed by atoms with Crippen LogP contribution in [0.3, 0.4) is 0 Å². The molecule has 0 saturated heterocycles. The Bertz CT molecular complexity index is 2480. The van der Waals surface area contributed by atoms with Crippen molar-refractivity contribution in [3.8, 4) is 22.4 Å². The van der Waals surface area contributed by atoms with Gasteiger partial charge in [0.2, 0.25) is 0 Å². The van der Waals surface area contributed by atoms with Gasteiger partial charge in [0.1, 0.15) is 11.2 Å². The van der Waals surface area contributed by atoms with E-state index in [0.29, 0.717) is 0 Å². The molecular formula is C39H23NO. The van der Waals surface area contributed by atoms with Gasteiger partial charge in [-0.15, -0.1) is 0 Å². The molecule has 9 rings (SSSR count). The SMILES string of the molecule is c1ccc2cc(-c3cc(-c4cccc5ccccc45)c4ccc5oc6ccc7ccccc7c6c5c4n3)ccc2c1. The first-order chi connectivity index (χ1) is 20.3. The summed E-state index contributed by atoms with van der Waals surface area (Å²) >= 11 is 0. The van der Waals surface area contributed by atoms with Gasteiger partial charge in [-0.3, -0.25) is 0 Å². The van der Waals surface area contributed by atoms with Gasteiger partial charge in [-0.1, -0.05) is 109 Å². The van der Waals surface area contributed by atoms with E-state index in [1.807, 2.05) is 0 Å². The third-order valence-corrected chi connectivity index (χ3v) is 8.43. The van der Waals surface area contributed by atoms with Gasteiger partial charge in [0.15, 0.2) is 0 Å². The van der Waals surface area contributed by atoms with E-state index in [1.165, 1.54) is 43.4 Å². The fourth-order valence-electron chi connectivity index (χ4n) is 6.49. The second-order valence-electron chi connectivity index (χ2n) is 10.7. The van der Waals surface area contributed by atoms with Crippen LogP contribution in [0.2, 0.25) is 0 Å². The Morgan fingerprint density at radius 2 is 1.07 bits per heavy atom. The number of furan rings is 1. The van der Waals surface area contributed by atoms with Crippen molar-refractivity contribution in [2.45, 2.75) is 0 Å². The van der Waals surface area contributed by atoms with Crippen LogP contribution in [0.4, 0.5) is 0 Å². The predicted octanol–water partition coefficient (Wildman–Crippen LogP) is 10.9. The van der Waals surface area contributed by atoms with Crippen LogP contribution < -0.4 is 0 Å². The van der Waals surface area contributed by atoms with E-state index in [1.54, 1.807) is 0 Å². The lowest BCUT2D eigenvalue weighted by Crippen LogP contribution is -1.92. The highest BCUT2D eigenvalue weighted by Gasteiger charge is 2.19. The summed E-state index contributed by atoms with van der Waals surface area (Å²) in [5.41, 5.74) is 7.13. The van der Waals surface area contributed by atoms with Gasteiger partial charge >= 0.3 is 0 Å². The number of pyridine rings is 1. The molecule has 2 nitrogen and oxygen atoms in total. The summed E-state index contributed by atoms with van der Waals surface area (Å²) in [4.78, 5) is 5.42. The lowest BCUT2D eigenvalue weighted by Gasteiger charge is -2.14. The van der Waals surface area contributed by atoms with E-state index < -0.39 is 0 Å². The van der Waals surface area contributed by atoms with E-state index in [9.17, 15) is 0 Å². The Kier molecular flexibility index (Phi) is 4.64. The maximum atomic E-state index is 6.45. The van der Waals surface area contributed by atoms with Gasteiger partial charge in [-0.2, -0.15) is 0 Å². The van der Waals surface area contributed by atoms with Crippen LogP contribution in [-0.4, -0.2) is 4.98 Å². The number of hydrogen-bond acceptors (Lipinski definition) is 2. The maximum Gasteiger partial charge on any atom is 0.137 e. The molecule has 9 aromatic rings. The molecule has 7 aromatic carbocycles. The standard InChI is InChI=1S/C39H23NO/c1-2-11-27-22-28(17-16-24(27)8-1)34-23-33(31-15-7-12-25-9-3-5-13-29(25)31)32-19-21-36-38(39(32)40-34)37-30-14-6-4-10-26(30)18-20-35(37)41-36/h1-23H. The molecule has 0 N–H and O–H groups in total. The first-order valence-corrected chi connectivity index (χ1v) is 14.0. The summed E-state index contributed by atoms with van der Waals surface area (Å²) in [5.74, 6) is 0. The summed E-state index contributed by atoms with van der Waals surface area (Å²) in [5, 5.41) is 10.6. The summed E-state index contributed by atoms with van der Waals surface area (Å²) < 4.78 is 6.45. The van der Waals surface area contributed by atoms with Crippen molar-refractivity contribution in [3.63, 3.8) is 0 Å². The molecule has 2 heterocycles. The molecule has 0 unspecified atom stereocenters. The molecule has 0 fully saturated rings. The topological polar surface area (TPSA) is 26.0 Å². The highest BCUT2D eigenvalue weighted by atomic mass is 16.3. The van der Waals surface area contributed by atoms with Crippen LogP contribution in [0.25, 0.3) is 87.5 Å². The second-order valence-corrected chi connectivity index (χ2v) is 10.7. The Morgan fingerprint density at radius 1 is 0.415 bits per heavy atom.